The van der Waals surface area contributed by atoms with Gasteiger partial charge in [-0.2, -0.15) is 0 Å². The van der Waals surface area contributed by atoms with E-state index in [9.17, 15) is 0 Å². The first-order chi connectivity index (χ1) is 7.45. The molecule has 0 amide bonds. The van der Waals surface area contributed by atoms with Crippen LogP contribution in [0.3, 0.4) is 0 Å². The van der Waals surface area contributed by atoms with E-state index >= 15 is 0 Å². The monoisotopic (exact) mass is 205 g/mol. The molecule has 1 N–H and O–H groups in total. The van der Waals surface area contributed by atoms with Crippen molar-refractivity contribution in [2.45, 2.75) is 25.3 Å². The Bertz CT molecular complexity index is 267. The number of rotatable bonds is 5. The fourth-order valence-electron chi connectivity index (χ4n) is 1.94. The van der Waals surface area contributed by atoms with Crippen molar-refractivity contribution in [3.8, 4) is 0 Å². The van der Waals surface area contributed by atoms with Gasteiger partial charge in [-0.1, -0.05) is 30.3 Å². The van der Waals surface area contributed by atoms with Crippen LogP contribution in [-0.4, -0.2) is 25.8 Å². The highest BCUT2D eigenvalue weighted by Gasteiger charge is 2.13. The van der Waals surface area contributed by atoms with Crippen LogP contribution in [-0.2, 0) is 11.2 Å². The summed E-state index contributed by atoms with van der Waals surface area (Å²) in [6, 6.07) is 11.3. The summed E-state index contributed by atoms with van der Waals surface area (Å²) >= 11 is 0. The van der Waals surface area contributed by atoms with Gasteiger partial charge in [-0.25, -0.2) is 0 Å². The molecule has 1 unspecified atom stereocenters. The van der Waals surface area contributed by atoms with Crippen molar-refractivity contribution in [2.75, 3.05) is 19.8 Å². The van der Waals surface area contributed by atoms with Crippen LogP contribution in [0, 0.1) is 0 Å². The minimum absolute atomic E-state index is 0.598. The van der Waals surface area contributed by atoms with Crippen LogP contribution in [0.15, 0.2) is 30.3 Å². The third-order valence-electron chi connectivity index (χ3n) is 2.85. The van der Waals surface area contributed by atoms with Gasteiger partial charge in [0.1, 0.15) is 0 Å². The third-order valence-corrected chi connectivity index (χ3v) is 2.85. The number of ether oxygens (including phenoxy) is 1. The summed E-state index contributed by atoms with van der Waals surface area (Å²) in [5.41, 5.74) is 1.43. The summed E-state index contributed by atoms with van der Waals surface area (Å²) in [7, 11) is 0. The summed E-state index contributed by atoms with van der Waals surface area (Å²) < 4.78 is 5.31. The lowest BCUT2D eigenvalue weighted by Crippen LogP contribution is -2.30. The van der Waals surface area contributed by atoms with E-state index in [1.165, 1.54) is 24.8 Å². The molecule has 1 aromatic carbocycles. The van der Waals surface area contributed by atoms with E-state index in [2.05, 4.69) is 35.6 Å². The Hall–Kier alpha value is -0.860. The molecule has 0 aromatic heterocycles. The summed E-state index contributed by atoms with van der Waals surface area (Å²) in [4.78, 5) is 0. The lowest BCUT2D eigenvalue weighted by atomic mass is 10.1. The highest BCUT2D eigenvalue weighted by molar-refractivity contribution is 5.14. The summed E-state index contributed by atoms with van der Waals surface area (Å²) in [5.74, 6) is 0. The zero-order valence-electron chi connectivity index (χ0n) is 9.11. The van der Waals surface area contributed by atoms with Crippen molar-refractivity contribution >= 4 is 0 Å². The third kappa shape index (κ3) is 3.65. The van der Waals surface area contributed by atoms with E-state index in [0.717, 1.165) is 19.8 Å². The maximum atomic E-state index is 5.31. The first-order valence-electron chi connectivity index (χ1n) is 5.80. The predicted molar refractivity (Wildman–Crippen MR) is 62.0 cm³/mol. The van der Waals surface area contributed by atoms with E-state index in [-0.39, 0.29) is 0 Å². The molecular weight excluding hydrogens is 186 g/mol. The van der Waals surface area contributed by atoms with Crippen molar-refractivity contribution < 1.29 is 4.74 Å². The second-order valence-corrected chi connectivity index (χ2v) is 4.10. The Balaban J connectivity index is 1.59. The van der Waals surface area contributed by atoms with Gasteiger partial charge >= 0.3 is 0 Å². The summed E-state index contributed by atoms with van der Waals surface area (Å²) in [6.07, 6.45) is 3.55. The van der Waals surface area contributed by atoms with Gasteiger partial charge in [0.25, 0.3) is 0 Å². The Morgan fingerprint density at radius 2 is 2.13 bits per heavy atom. The van der Waals surface area contributed by atoms with Crippen LogP contribution < -0.4 is 5.32 Å². The lowest BCUT2D eigenvalue weighted by Gasteiger charge is -2.09. The largest absolute Gasteiger partial charge is 0.380 e. The number of hydrogen-bond donors (Lipinski definition) is 1. The fraction of sp³-hybridized carbons (Fsp3) is 0.538. The second kappa shape index (κ2) is 5.89. The minimum Gasteiger partial charge on any atom is -0.380 e. The van der Waals surface area contributed by atoms with Crippen molar-refractivity contribution in [3.05, 3.63) is 35.9 Å². The molecule has 0 bridgehead atoms. The molecular formula is C13H19NO. The SMILES string of the molecule is c1ccc(CCCNC2CCOC2)cc1. The fourth-order valence-corrected chi connectivity index (χ4v) is 1.94. The highest BCUT2D eigenvalue weighted by atomic mass is 16.5. The molecule has 1 aliphatic rings. The van der Waals surface area contributed by atoms with E-state index in [4.69, 9.17) is 4.74 Å². The molecule has 82 valence electrons. The molecule has 2 rings (SSSR count). The summed E-state index contributed by atoms with van der Waals surface area (Å²) in [6.45, 7) is 2.92. The number of hydrogen-bond acceptors (Lipinski definition) is 2. The van der Waals surface area contributed by atoms with Gasteiger partial charge in [0, 0.05) is 12.6 Å². The topological polar surface area (TPSA) is 21.3 Å². The maximum absolute atomic E-state index is 5.31. The van der Waals surface area contributed by atoms with Crippen molar-refractivity contribution in [1.29, 1.82) is 0 Å². The van der Waals surface area contributed by atoms with Crippen LogP contribution >= 0.6 is 0 Å². The second-order valence-electron chi connectivity index (χ2n) is 4.10. The van der Waals surface area contributed by atoms with Gasteiger partial charge in [0.05, 0.1) is 6.61 Å². The maximum Gasteiger partial charge on any atom is 0.0620 e. The Labute approximate surface area is 91.6 Å². The van der Waals surface area contributed by atoms with Gasteiger partial charge in [-0.3, -0.25) is 0 Å². The Morgan fingerprint density at radius 3 is 2.87 bits per heavy atom. The normalized spacial score (nSPS) is 20.7. The molecule has 2 heteroatoms. The lowest BCUT2D eigenvalue weighted by molar-refractivity contribution is 0.190. The van der Waals surface area contributed by atoms with E-state index in [1.807, 2.05) is 0 Å². The molecule has 1 atom stereocenters. The molecule has 2 nitrogen and oxygen atoms in total. The number of aryl methyl sites for hydroxylation is 1. The Kier molecular flexibility index (Phi) is 4.18. The van der Waals surface area contributed by atoms with Crippen LogP contribution in [0.25, 0.3) is 0 Å². The van der Waals surface area contributed by atoms with Crippen LogP contribution in [0.2, 0.25) is 0 Å². The molecule has 0 saturated carbocycles. The van der Waals surface area contributed by atoms with Crippen LogP contribution in [0.1, 0.15) is 18.4 Å². The molecule has 15 heavy (non-hydrogen) atoms. The molecule has 1 aliphatic heterocycles. The van der Waals surface area contributed by atoms with Gasteiger partial charge in [-0.15, -0.1) is 0 Å². The zero-order chi connectivity index (χ0) is 10.3. The van der Waals surface area contributed by atoms with Crippen molar-refractivity contribution in [3.63, 3.8) is 0 Å². The van der Waals surface area contributed by atoms with Crippen molar-refractivity contribution in [2.24, 2.45) is 0 Å². The van der Waals surface area contributed by atoms with Gasteiger partial charge in [0.2, 0.25) is 0 Å². The smallest absolute Gasteiger partial charge is 0.0620 e. The van der Waals surface area contributed by atoms with Crippen LogP contribution in [0.4, 0.5) is 0 Å². The van der Waals surface area contributed by atoms with E-state index in [0.29, 0.717) is 6.04 Å². The quantitative estimate of drug-likeness (QED) is 0.742. The number of nitrogens with one attached hydrogen (secondary N) is 1. The predicted octanol–water partition coefficient (Wildman–Crippen LogP) is 2.00. The molecule has 0 aliphatic carbocycles. The molecule has 1 saturated heterocycles. The van der Waals surface area contributed by atoms with Gasteiger partial charge < -0.3 is 10.1 Å². The first-order valence-corrected chi connectivity index (χ1v) is 5.80. The highest BCUT2D eigenvalue weighted by Crippen LogP contribution is 2.04. The Morgan fingerprint density at radius 1 is 1.27 bits per heavy atom. The average Bonchev–Trinajstić information content (AvgIpc) is 2.79. The van der Waals surface area contributed by atoms with Crippen molar-refractivity contribution in [1.82, 2.24) is 5.32 Å². The molecule has 0 spiro atoms. The van der Waals surface area contributed by atoms with Gasteiger partial charge in [0.15, 0.2) is 0 Å². The summed E-state index contributed by atoms with van der Waals surface area (Å²) in [5, 5.41) is 3.53. The minimum atomic E-state index is 0.598. The molecule has 1 aromatic rings. The van der Waals surface area contributed by atoms with Gasteiger partial charge in [-0.05, 0) is 31.4 Å². The average molecular weight is 205 g/mol. The first kappa shape index (κ1) is 10.7. The zero-order valence-corrected chi connectivity index (χ0v) is 9.11. The van der Waals surface area contributed by atoms with E-state index in [1.54, 1.807) is 0 Å². The molecule has 0 radical (unpaired) electrons. The number of benzene rings is 1. The molecule has 1 heterocycles. The van der Waals surface area contributed by atoms with E-state index < -0.39 is 0 Å². The van der Waals surface area contributed by atoms with Crippen LogP contribution in [0.5, 0.6) is 0 Å². The molecule has 1 fully saturated rings. The standard InChI is InChI=1S/C13H19NO/c1-2-5-12(6-3-1)7-4-9-14-13-8-10-15-11-13/h1-3,5-6,13-14H,4,7-11H2.